The van der Waals surface area contributed by atoms with Gasteiger partial charge in [-0.15, -0.1) is 16.8 Å². The van der Waals surface area contributed by atoms with Crippen LogP contribution in [0.2, 0.25) is 0 Å². The molecule has 1 saturated heterocycles. The molecule has 3 aliphatic rings. The Morgan fingerprint density at radius 1 is 1.39 bits per heavy atom. The Bertz CT molecular complexity index is 608. The Morgan fingerprint density at radius 3 is 2.87 bits per heavy atom. The van der Waals surface area contributed by atoms with Gasteiger partial charge in [-0.1, -0.05) is 0 Å². The molecule has 0 aromatic carbocycles. The monoisotopic (exact) mass is 337 g/mol. The highest BCUT2D eigenvalue weighted by atomic mass is 32.2. The van der Waals surface area contributed by atoms with E-state index in [9.17, 15) is 9.59 Å². The van der Waals surface area contributed by atoms with E-state index in [1.54, 1.807) is 25.0 Å². The number of amidine groups is 1. The van der Waals surface area contributed by atoms with Gasteiger partial charge in [-0.25, -0.2) is 4.79 Å². The Labute approximate surface area is 139 Å². The summed E-state index contributed by atoms with van der Waals surface area (Å²) in [4.78, 5) is 33.2. The number of imide groups is 1. The molecular weight excluding hydrogens is 316 g/mol. The third-order valence-corrected chi connectivity index (χ3v) is 5.36. The van der Waals surface area contributed by atoms with Crippen LogP contribution in [-0.4, -0.2) is 91.1 Å². The normalized spacial score (nSPS) is 25.7. The van der Waals surface area contributed by atoms with Crippen LogP contribution in [0, 0.1) is 5.92 Å². The molecular formula is C15H21N4O3S+. The molecule has 3 aliphatic heterocycles. The number of amides is 3. The van der Waals surface area contributed by atoms with E-state index in [0.717, 1.165) is 43.5 Å². The lowest BCUT2D eigenvalue weighted by molar-refractivity contribution is -0.407. The van der Waals surface area contributed by atoms with Crippen molar-refractivity contribution in [2.75, 3.05) is 52.7 Å². The maximum atomic E-state index is 12.5. The number of aliphatic imine (C=N–C) groups is 1. The number of hydrogen-bond acceptors (Lipinski definition) is 6. The highest BCUT2D eigenvalue weighted by Crippen LogP contribution is 2.31. The van der Waals surface area contributed by atoms with E-state index in [-0.39, 0.29) is 11.9 Å². The van der Waals surface area contributed by atoms with Crippen LogP contribution >= 0.6 is 11.8 Å². The summed E-state index contributed by atoms with van der Waals surface area (Å²) in [6, 6.07) is -0.335. The maximum absolute atomic E-state index is 12.5. The van der Waals surface area contributed by atoms with Crippen LogP contribution in [0.1, 0.15) is 0 Å². The van der Waals surface area contributed by atoms with E-state index in [4.69, 9.17) is 4.74 Å². The summed E-state index contributed by atoms with van der Waals surface area (Å²) in [5, 5.41) is 0. The molecule has 0 aromatic rings. The number of allylic oxidation sites excluding steroid dienone is 1. The average molecular weight is 337 g/mol. The first-order valence-corrected chi connectivity index (χ1v) is 8.67. The Morgan fingerprint density at radius 2 is 2.13 bits per heavy atom. The van der Waals surface area contributed by atoms with E-state index in [1.165, 1.54) is 16.5 Å². The lowest BCUT2D eigenvalue weighted by atomic mass is 10.0. The van der Waals surface area contributed by atoms with Gasteiger partial charge in [-0.05, 0) is 6.08 Å². The molecule has 0 radical (unpaired) electrons. The molecule has 7 nitrogen and oxygen atoms in total. The largest absolute Gasteiger partial charge is 0.445 e. The summed E-state index contributed by atoms with van der Waals surface area (Å²) >= 11 is 1.67. The molecule has 0 N–H and O–H groups in total. The molecule has 1 unspecified atom stereocenters. The first-order valence-electron chi connectivity index (χ1n) is 7.69. The van der Waals surface area contributed by atoms with Gasteiger partial charge in [0.2, 0.25) is 0 Å². The van der Waals surface area contributed by atoms with Gasteiger partial charge in [0.15, 0.2) is 5.92 Å². The van der Waals surface area contributed by atoms with Gasteiger partial charge in [0.1, 0.15) is 6.21 Å². The summed E-state index contributed by atoms with van der Waals surface area (Å²) in [7, 11) is 3.18. The van der Waals surface area contributed by atoms with E-state index in [2.05, 4.69) is 9.89 Å². The van der Waals surface area contributed by atoms with Crippen molar-refractivity contribution in [2.45, 2.75) is 0 Å². The number of carbonyl (C=O) groups is 2. The molecule has 0 spiro atoms. The minimum atomic E-state index is -0.456. The van der Waals surface area contributed by atoms with Crippen LogP contribution in [-0.2, 0) is 9.53 Å². The van der Waals surface area contributed by atoms with Crippen LogP contribution in [0.15, 0.2) is 16.0 Å². The molecule has 0 saturated carbocycles. The van der Waals surface area contributed by atoms with Crippen LogP contribution in [0.3, 0.4) is 0 Å². The quantitative estimate of drug-likeness (QED) is 0.689. The number of urea groups is 1. The van der Waals surface area contributed by atoms with Crippen LogP contribution in [0.4, 0.5) is 4.79 Å². The van der Waals surface area contributed by atoms with E-state index in [0.29, 0.717) is 5.84 Å². The molecule has 1 fully saturated rings. The van der Waals surface area contributed by atoms with Crippen molar-refractivity contribution in [3.8, 4) is 0 Å². The summed E-state index contributed by atoms with van der Waals surface area (Å²) in [5.74, 6) is 0.764. The first kappa shape index (κ1) is 16.4. The number of ether oxygens (including phenoxy) is 1. The van der Waals surface area contributed by atoms with Crippen LogP contribution in [0.5, 0.6) is 0 Å². The summed E-state index contributed by atoms with van der Waals surface area (Å²) in [5.41, 5.74) is 0. The third-order valence-electron chi connectivity index (χ3n) is 4.26. The smallest absolute Gasteiger partial charge is 0.379 e. The summed E-state index contributed by atoms with van der Waals surface area (Å²) in [6.07, 6.45) is 3.55. The molecule has 3 amide bonds. The van der Waals surface area contributed by atoms with E-state index in [1.807, 2.05) is 6.08 Å². The zero-order valence-corrected chi connectivity index (χ0v) is 14.2. The zero-order valence-electron chi connectivity index (χ0n) is 13.4. The number of carbonyl (C=O) groups excluding carboxylic acids is 2. The number of fused-ring (bicyclic) bond motifs is 1. The SMILES string of the molecule is CN1C(=O)C2C(SCCN3CCOCC3)=CC=NC2=[N+](C)C1=O. The Kier molecular flexibility index (Phi) is 4.93. The molecule has 0 aliphatic carbocycles. The van der Waals surface area contributed by atoms with Gasteiger partial charge in [-0.2, -0.15) is 9.48 Å². The third kappa shape index (κ3) is 3.24. The van der Waals surface area contributed by atoms with Gasteiger partial charge in [0, 0.05) is 30.3 Å². The predicted octanol–water partition coefficient (Wildman–Crippen LogP) is 0.269. The highest BCUT2D eigenvalue weighted by Gasteiger charge is 2.46. The van der Waals surface area contributed by atoms with Gasteiger partial charge >= 0.3 is 11.9 Å². The molecule has 0 bridgehead atoms. The van der Waals surface area contributed by atoms with E-state index < -0.39 is 5.92 Å². The molecule has 1 atom stereocenters. The van der Waals surface area contributed by atoms with Crippen molar-refractivity contribution in [2.24, 2.45) is 10.9 Å². The number of morpholine rings is 1. The van der Waals surface area contributed by atoms with Crippen molar-refractivity contribution in [1.82, 2.24) is 9.80 Å². The summed E-state index contributed by atoms with van der Waals surface area (Å²) in [6.45, 7) is 4.46. The molecule has 23 heavy (non-hydrogen) atoms. The van der Waals surface area contributed by atoms with Crippen molar-refractivity contribution >= 4 is 35.8 Å². The second kappa shape index (κ2) is 6.94. The number of hydrogen-bond donors (Lipinski definition) is 0. The van der Waals surface area contributed by atoms with Crippen molar-refractivity contribution in [3.63, 3.8) is 0 Å². The van der Waals surface area contributed by atoms with Gasteiger partial charge in [-0.3, -0.25) is 9.69 Å². The standard InChI is InChI=1S/C15H21N4O3S/c1-17-13-12(14(20)18(2)15(17)21)11(3-4-16-13)23-10-7-19-5-8-22-9-6-19/h3-4,12H,5-10H2,1-2H3/q+1. The topological polar surface area (TPSA) is 65.2 Å². The average Bonchev–Trinajstić information content (AvgIpc) is 2.59. The minimum Gasteiger partial charge on any atom is -0.379 e. The number of rotatable bonds is 4. The van der Waals surface area contributed by atoms with Gasteiger partial charge in [0.25, 0.3) is 5.84 Å². The fourth-order valence-corrected chi connectivity index (χ4v) is 3.97. The summed E-state index contributed by atoms with van der Waals surface area (Å²) < 4.78 is 6.80. The van der Waals surface area contributed by atoms with Crippen LogP contribution in [0.25, 0.3) is 0 Å². The number of nitrogens with zero attached hydrogens (tertiary/aromatic N) is 4. The maximum Gasteiger partial charge on any atom is 0.445 e. The second-order valence-corrected chi connectivity index (χ2v) is 6.85. The zero-order chi connectivity index (χ0) is 16.4. The predicted molar refractivity (Wildman–Crippen MR) is 89.1 cm³/mol. The Hall–Kier alpha value is -1.51. The van der Waals surface area contributed by atoms with Crippen molar-refractivity contribution in [1.29, 1.82) is 0 Å². The van der Waals surface area contributed by atoms with Crippen LogP contribution < -0.4 is 0 Å². The Balaban J connectivity index is 1.68. The van der Waals surface area contributed by atoms with Gasteiger partial charge < -0.3 is 4.74 Å². The lowest BCUT2D eigenvalue weighted by Crippen LogP contribution is -2.52. The molecule has 0 aromatic heterocycles. The van der Waals surface area contributed by atoms with E-state index >= 15 is 0 Å². The second-order valence-electron chi connectivity index (χ2n) is 5.68. The molecule has 124 valence electrons. The molecule has 3 rings (SSSR count). The number of thioether (sulfide) groups is 1. The first-order chi connectivity index (χ1) is 11.1. The van der Waals surface area contributed by atoms with Gasteiger partial charge in [0.05, 0.1) is 27.3 Å². The minimum absolute atomic E-state index is 0.204. The van der Waals surface area contributed by atoms with Crippen molar-refractivity contribution in [3.05, 3.63) is 11.0 Å². The fourth-order valence-electron chi connectivity index (χ4n) is 2.86. The molecule has 3 heterocycles. The highest BCUT2D eigenvalue weighted by molar-refractivity contribution is 8.03. The lowest BCUT2D eigenvalue weighted by Gasteiger charge is -2.28. The molecule has 8 heteroatoms. The number of dihydropyridines is 1. The fraction of sp³-hybridized carbons (Fsp3) is 0.600. The van der Waals surface area contributed by atoms with Crippen molar-refractivity contribution < 1.29 is 18.9 Å².